The van der Waals surface area contributed by atoms with Crippen molar-refractivity contribution in [1.29, 1.82) is 0 Å². The fourth-order valence-corrected chi connectivity index (χ4v) is 1.68. The number of esters is 1. The topological polar surface area (TPSA) is 26.3 Å². The minimum Gasteiger partial charge on any atom is -0.454 e. The third kappa shape index (κ3) is 4.72. The quantitative estimate of drug-likeness (QED) is 0.443. The number of hydrogen-bond donors (Lipinski definition) is 0. The summed E-state index contributed by atoms with van der Waals surface area (Å²) in [5, 5.41) is 0. The summed E-state index contributed by atoms with van der Waals surface area (Å²) in [5.41, 5.74) is 0.946. The van der Waals surface area contributed by atoms with Gasteiger partial charge in [-0.3, -0.25) is 0 Å². The minimum atomic E-state index is -0.421. The Kier molecular flexibility index (Phi) is 6.15. The molecule has 0 spiro atoms. The molecular weight excluding hydrogens is 292 g/mol. The van der Waals surface area contributed by atoms with Crippen LogP contribution in [0.25, 0.3) is 0 Å². The summed E-state index contributed by atoms with van der Waals surface area (Å²) in [6, 6.07) is 7.68. The molecule has 0 saturated carbocycles. The maximum atomic E-state index is 11.3. The number of ether oxygens (including phenoxy) is 1. The van der Waals surface area contributed by atoms with Crippen LogP contribution in [0, 0.1) is 0 Å². The first kappa shape index (κ1) is 14.5. The molecule has 0 aliphatic carbocycles. The standard InChI is InChI=1S/C15H15BrO2/c1-3-5-6-7-14(18-15(17)4-2)12-8-10-13(16)11-9-12/h3-6,8-11,14H,1-2,7H2/b6-5+. The van der Waals surface area contributed by atoms with Gasteiger partial charge in [0, 0.05) is 17.0 Å². The minimum absolute atomic E-state index is 0.306. The number of halogens is 1. The average Bonchev–Trinajstić information content (AvgIpc) is 2.38. The van der Waals surface area contributed by atoms with Crippen LogP contribution in [-0.2, 0) is 9.53 Å². The van der Waals surface area contributed by atoms with E-state index in [-0.39, 0.29) is 6.10 Å². The number of benzene rings is 1. The molecule has 0 heterocycles. The first-order valence-electron chi connectivity index (χ1n) is 5.53. The van der Waals surface area contributed by atoms with Crippen LogP contribution in [0.5, 0.6) is 0 Å². The first-order valence-corrected chi connectivity index (χ1v) is 6.32. The van der Waals surface area contributed by atoms with Crippen molar-refractivity contribution in [2.75, 3.05) is 0 Å². The number of allylic oxidation sites excluding steroid dienone is 2. The van der Waals surface area contributed by atoms with Crippen LogP contribution in [0.4, 0.5) is 0 Å². The molecule has 0 saturated heterocycles. The molecule has 1 rings (SSSR count). The summed E-state index contributed by atoms with van der Waals surface area (Å²) in [6.45, 7) is 7.00. The van der Waals surface area contributed by atoms with E-state index in [4.69, 9.17) is 4.74 Å². The Balaban J connectivity index is 2.84. The second-order valence-corrected chi connectivity index (χ2v) is 4.50. The number of carbonyl (C=O) groups excluding carboxylic acids is 1. The summed E-state index contributed by atoms with van der Waals surface area (Å²) in [6.07, 6.45) is 6.90. The monoisotopic (exact) mass is 306 g/mol. The molecule has 0 radical (unpaired) electrons. The lowest BCUT2D eigenvalue weighted by atomic mass is 10.1. The lowest BCUT2D eigenvalue weighted by Gasteiger charge is -2.15. The largest absolute Gasteiger partial charge is 0.454 e. The van der Waals surface area contributed by atoms with E-state index in [2.05, 4.69) is 29.1 Å². The van der Waals surface area contributed by atoms with Crippen molar-refractivity contribution in [3.8, 4) is 0 Å². The van der Waals surface area contributed by atoms with Gasteiger partial charge in [0.2, 0.25) is 0 Å². The molecule has 0 bridgehead atoms. The molecule has 1 unspecified atom stereocenters. The van der Waals surface area contributed by atoms with Gasteiger partial charge in [0.25, 0.3) is 0 Å². The molecule has 94 valence electrons. The lowest BCUT2D eigenvalue weighted by molar-refractivity contribution is -0.143. The van der Waals surface area contributed by atoms with Gasteiger partial charge in [-0.15, -0.1) is 0 Å². The van der Waals surface area contributed by atoms with Crippen LogP contribution in [0.2, 0.25) is 0 Å². The van der Waals surface area contributed by atoms with Gasteiger partial charge in [0.1, 0.15) is 6.10 Å². The van der Waals surface area contributed by atoms with Crippen LogP contribution in [0.3, 0.4) is 0 Å². The number of hydrogen-bond acceptors (Lipinski definition) is 2. The average molecular weight is 307 g/mol. The van der Waals surface area contributed by atoms with Crippen LogP contribution in [-0.4, -0.2) is 5.97 Å². The van der Waals surface area contributed by atoms with E-state index < -0.39 is 5.97 Å². The van der Waals surface area contributed by atoms with E-state index in [0.29, 0.717) is 6.42 Å². The van der Waals surface area contributed by atoms with Gasteiger partial charge in [-0.05, 0) is 17.7 Å². The number of rotatable bonds is 6. The van der Waals surface area contributed by atoms with Crippen LogP contribution in [0.1, 0.15) is 18.1 Å². The van der Waals surface area contributed by atoms with Gasteiger partial charge in [-0.1, -0.05) is 59.4 Å². The van der Waals surface area contributed by atoms with Crippen molar-refractivity contribution in [2.45, 2.75) is 12.5 Å². The molecule has 0 aliphatic rings. The Labute approximate surface area is 116 Å². The molecule has 1 aromatic carbocycles. The van der Waals surface area contributed by atoms with Gasteiger partial charge in [0.15, 0.2) is 0 Å². The van der Waals surface area contributed by atoms with E-state index in [1.807, 2.05) is 36.4 Å². The molecule has 1 aromatic rings. The highest BCUT2D eigenvalue weighted by molar-refractivity contribution is 9.10. The van der Waals surface area contributed by atoms with Crippen LogP contribution < -0.4 is 0 Å². The zero-order valence-electron chi connectivity index (χ0n) is 10.0. The highest BCUT2D eigenvalue weighted by Gasteiger charge is 2.13. The molecule has 0 fully saturated rings. The lowest BCUT2D eigenvalue weighted by Crippen LogP contribution is -2.08. The van der Waals surface area contributed by atoms with Crippen molar-refractivity contribution in [2.24, 2.45) is 0 Å². The molecular formula is C15H15BrO2. The SMILES string of the molecule is C=C/C=C/CC(OC(=O)C=C)c1ccc(Br)cc1. The van der Waals surface area contributed by atoms with Crippen molar-refractivity contribution in [3.05, 3.63) is 71.8 Å². The zero-order valence-corrected chi connectivity index (χ0v) is 11.6. The fraction of sp³-hybridized carbons (Fsp3) is 0.133. The molecule has 18 heavy (non-hydrogen) atoms. The van der Waals surface area contributed by atoms with Gasteiger partial charge in [-0.2, -0.15) is 0 Å². The van der Waals surface area contributed by atoms with Crippen molar-refractivity contribution >= 4 is 21.9 Å². The predicted molar refractivity (Wildman–Crippen MR) is 77.1 cm³/mol. The second kappa shape index (κ2) is 7.67. The van der Waals surface area contributed by atoms with E-state index in [9.17, 15) is 4.79 Å². The smallest absolute Gasteiger partial charge is 0.330 e. The summed E-state index contributed by atoms with van der Waals surface area (Å²) in [4.78, 5) is 11.3. The first-order chi connectivity index (χ1) is 8.67. The normalized spacial score (nSPS) is 12.1. The second-order valence-electron chi connectivity index (χ2n) is 3.58. The molecule has 3 heteroatoms. The van der Waals surface area contributed by atoms with E-state index in [1.54, 1.807) is 6.08 Å². The predicted octanol–water partition coefficient (Wildman–Crippen LogP) is 4.35. The van der Waals surface area contributed by atoms with Crippen LogP contribution in [0.15, 0.2) is 66.2 Å². The molecule has 2 nitrogen and oxygen atoms in total. The van der Waals surface area contributed by atoms with Gasteiger partial charge in [-0.25, -0.2) is 4.79 Å². The van der Waals surface area contributed by atoms with Crippen molar-refractivity contribution < 1.29 is 9.53 Å². The number of carbonyl (C=O) groups is 1. The van der Waals surface area contributed by atoms with Crippen molar-refractivity contribution in [3.63, 3.8) is 0 Å². The summed E-state index contributed by atoms with van der Waals surface area (Å²) < 4.78 is 6.30. The Hall–Kier alpha value is -1.61. The fourth-order valence-electron chi connectivity index (χ4n) is 1.42. The Morgan fingerprint density at radius 3 is 2.56 bits per heavy atom. The van der Waals surface area contributed by atoms with Crippen LogP contribution >= 0.6 is 15.9 Å². The van der Waals surface area contributed by atoms with Gasteiger partial charge in [0.05, 0.1) is 0 Å². The van der Waals surface area contributed by atoms with Crippen molar-refractivity contribution in [1.82, 2.24) is 0 Å². The third-order valence-electron chi connectivity index (χ3n) is 2.29. The summed E-state index contributed by atoms with van der Waals surface area (Å²) in [7, 11) is 0. The summed E-state index contributed by atoms with van der Waals surface area (Å²) in [5.74, 6) is -0.421. The molecule has 0 aliphatic heterocycles. The maximum absolute atomic E-state index is 11.3. The Bertz CT molecular complexity index is 446. The Morgan fingerprint density at radius 2 is 2.00 bits per heavy atom. The van der Waals surface area contributed by atoms with E-state index in [0.717, 1.165) is 10.0 Å². The summed E-state index contributed by atoms with van der Waals surface area (Å²) >= 11 is 3.37. The molecule has 0 aromatic heterocycles. The van der Waals surface area contributed by atoms with Gasteiger partial charge >= 0.3 is 5.97 Å². The molecule has 0 amide bonds. The maximum Gasteiger partial charge on any atom is 0.330 e. The molecule has 0 N–H and O–H groups in total. The molecule has 1 atom stereocenters. The third-order valence-corrected chi connectivity index (χ3v) is 2.82. The van der Waals surface area contributed by atoms with E-state index >= 15 is 0 Å². The Morgan fingerprint density at radius 1 is 1.33 bits per heavy atom. The highest BCUT2D eigenvalue weighted by atomic mass is 79.9. The van der Waals surface area contributed by atoms with E-state index in [1.165, 1.54) is 6.08 Å². The zero-order chi connectivity index (χ0) is 13.4. The van der Waals surface area contributed by atoms with Gasteiger partial charge < -0.3 is 4.74 Å². The highest BCUT2D eigenvalue weighted by Crippen LogP contribution is 2.24.